The van der Waals surface area contributed by atoms with Crippen molar-refractivity contribution in [3.8, 4) is 0 Å². The van der Waals surface area contributed by atoms with Gasteiger partial charge in [-0.2, -0.15) is 0 Å². The second-order valence-corrected chi connectivity index (χ2v) is 5.57. The highest BCUT2D eigenvalue weighted by atomic mass is 35.5. The van der Waals surface area contributed by atoms with Crippen LogP contribution in [-0.4, -0.2) is 54.3 Å². The summed E-state index contributed by atoms with van der Waals surface area (Å²) in [5.74, 6) is -0.0889. The average molecular weight is 278 g/mol. The Balaban J connectivity index is 0.00000289. The van der Waals surface area contributed by atoms with Crippen LogP contribution in [0.4, 0.5) is 0 Å². The molecule has 0 bridgehead atoms. The highest BCUT2D eigenvalue weighted by molar-refractivity contribution is 5.85. The zero-order chi connectivity index (χ0) is 13.2. The molecular formula is C12H24ClN3O2. The molecule has 1 aliphatic rings. The van der Waals surface area contributed by atoms with Crippen molar-refractivity contribution >= 4 is 24.2 Å². The van der Waals surface area contributed by atoms with Crippen molar-refractivity contribution in [2.75, 3.05) is 26.7 Å². The van der Waals surface area contributed by atoms with Crippen LogP contribution in [0.25, 0.3) is 0 Å². The number of nitrogens with zero attached hydrogens (tertiary/aromatic N) is 2. The number of likely N-dealkylation sites (N-methyl/N-ethyl adjacent to an activating group) is 1. The molecule has 1 atom stereocenters. The van der Waals surface area contributed by atoms with Gasteiger partial charge < -0.3 is 15.5 Å². The molecule has 2 amide bonds. The normalized spacial score (nSPS) is 22.1. The predicted octanol–water partition coefficient (Wildman–Crippen LogP) is 0.472. The van der Waals surface area contributed by atoms with Crippen LogP contribution in [0.1, 0.15) is 27.2 Å². The van der Waals surface area contributed by atoms with Gasteiger partial charge in [0.05, 0.1) is 6.54 Å². The Morgan fingerprint density at radius 2 is 2.00 bits per heavy atom. The molecule has 18 heavy (non-hydrogen) atoms. The number of halogens is 1. The second kappa shape index (κ2) is 6.38. The topological polar surface area (TPSA) is 66.6 Å². The van der Waals surface area contributed by atoms with E-state index in [-0.39, 0.29) is 42.2 Å². The molecule has 5 nitrogen and oxygen atoms in total. The summed E-state index contributed by atoms with van der Waals surface area (Å²) in [6.07, 6.45) is 0.822. The molecule has 0 radical (unpaired) electrons. The van der Waals surface area contributed by atoms with E-state index in [1.165, 1.54) is 11.8 Å². The van der Waals surface area contributed by atoms with Crippen LogP contribution in [0.15, 0.2) is 0 Å². The number of rotatable bonds is 2. The fourth-order valence-electron chi connectivity index (χ4n) is 2.00. The molecule has 1 fully saturated rings. The van der Waals surface area contributed by atoms with Crippen LogP contribution < -0.4 is 5.73 Å². The van der Waals surface area contributed by atoms with E-state index in [1.54, 1.807) is 7.05 Å². The Morgan fingerprint density at radius 1 is 1.44 bits per heavy atom. The Bertz CT molecular complexity index is 320. The fraction of sp³-hybridized carbons (Fsp3) is 0.833. The lowest BCUT2D eigenvalue weighted by Crippen LogP contribution is -2.55. The van der Waals surface area contributed by atoms with E-state index in [9.17, 15) is 9.59 Å². The zero-order valence-electron chi connectivity index (χ0n) is 11.6. The van der Waals surface area contributed by atoms with Crippen LogP contribution in [-0.2, 0) is 9.59 Å². The number of likely N-dealkylation sites (tertiary alicyclic amines) is 1. The van der Waals surface area contributed by atoms with Gasteiger partial charge in [0.25, 0.3) is 0 Å². The smallest absolute Gasteiger partial charge is 0.242 e. The quantitative estimate of drug-likeness (QED) is 0.798. The number of nitrogens with two attached hydrogens (primary N) is 1. The molecule has 0 aromatic rings. The summed E-state index contributed by atoms with van der Waals surface area (Å²) in [6.45, 7) is 7.12. The van der Waals surface area contributed by atoms with Gasteiger partial charge in [-0.15, -0.1) is 12.4 Å². The number of hydrogen-bond acceptors (Lipinski definition) is 3. The highest BCUT2D eigenvalue weighted by Gasteiger charge is 2.35. The largest absolute Gasteiger partial charge is 0.341 e. The molecule has 1 unspecified atom stereocenters. The molecular weight excluding hydrogens is 254 g/mol. The van der Waals surface area contributed by atoms with Gasteiger partial charge in [0.15, 0.2) is 0 Å². The maximum absolute atomic E-state index is 12.0. The van der Waals surface area contributed by atoms with E-state index in [2.05, 4.69) is 13.8 Å². The first-order valence-corrected chi connectivity index (χ1v) is 5.99. The lowest BCUT2D eigenvalue weighted by Gasteiger charge is -2.42. The molecule has 0 spiro atoms. The van der Waals surface area contributed by atoms with Gasteiger partial charge in [-0.1, -0.05) is 13.8 Å². The van der Waals surface area contributed by atoms with Crippen LogP contribution in [0, 0.1) is 5.41 Å². The summed E-state index contributed by atoms with van der Waals surface area (Å²) in [5.41, 5.74) is 5.97. The van der Waals surface area contributed by atoms with Crippen LogP contribution >= 0.6 is 12.4 Å². The van der Waals surface area contributed by atoms with Gasteiger partial charge in [-0.05, 0) is 11.8 Å². The van der Waals surface area contributed by atoms with E-state index in [4.69, 9.17) is 5.73 Å². The Hall–Kier alpha value is -0.810. The van der Waals surface area contributed by atoms with E-state index in [0.717, 1.165) is 6.42 Å². The molecule has 1 saturated heterocycles. The molecule has 106 valence electrons. The van der Waals surface area contributed by atoms with Crippen LogP contribution in [0.5, 0.6) is 0 Å². The van der Waals surface area contributed by atoms with Crippen LogP contribution in [0.2, 0.25) is 0 Å². The van der Waals surface area contributed by atoms with E-state index in [0.29, 0.717) is 13.1 Å². The van der Waals surface area contributed by atoms with Crippen molar-refractivity contribution < 1.29 is 9.59 Å². The van der Waals surface area contributed by atoms with Crippen LogP contribution in [0.3, 0.4) is 0 Å². The van der Waals surface area contributed by atoms with E-state index in [1.807, 2.05) is 4.90 Å². The standard InChI is InChI=1S/C12H23N3O2.ClH/c1-9(16)14(4)7-11(17)15-6-5-10(13)12(2,3)8-15;/h10H,5-8,13H2,1-4H3;1H. The summed E-state index contributed by atoms with van der Waals surface area (Å²) in [4.78, 5) is 26.3. The molecule has 1 rings (SSSR count). The predicted molar refractivity (Wildman–Crippen MR) is 73.5 cm³/mol. The third kappa shape index (κ3) is 4.14. The Labute approximate surface area is 115 Å². The maximum atomic E-state index is 12.0. The summed E-state index contributed by atoms with van der Waals surface area (Å²) in [6, 6.07) is 0.136. The highest BCUT2D eigenvalue weighted by Crippen LogP contribution is 2.27. The minimum Gasteiger partial charge on any atom is -0.341 e. The van der Waals surface area contributed by atoms with Gasteiger partial charge in [0.2, 0.25) is 11.8 Å². The van der Waals surface area contributed by atoms with Crippen molar-refractivity contribution in [3.05, 3.63) is 0 Å². The van der Waals surface area contributed by atoms with Crippen molar-refractivity contribution in [2.24, 2.45) is 11.1 Å². The Morgan fingerprint density at radius 3 is 2.44 bits per heavy atom. The fourth-order valence-corrected chi connectivity index (χ4v) is 2.00. The molecule has 0 aromatic heterocycles. The van der Waals surface area contributed by atoms with Gasteiger partial charge in [-0.3, -0.25) is 9.59 Å². The SMILES string of the molecule is CC(=O)N(C)CC(=O)N1CCC(N)C(C)(C)C1.Cl. The molecule has 0 aliphatic carbocycles. The number of amides is 2. The molecule has 1 heterocycles. The summed E-state index contributed by atoms with van der Waals surface area (Å²) < 4.78 is 0. The zero-order valence-corrected chi connectivity index (χ0v) is 12.4. The van der Waals surface area contributed by atoms with Gasteiger partial charge in [0, 0.05) is 33.1 Å². The number of piperidine rings is 1. The van der Waals surface area contributed by atoms with Crippen molar-refractivity contribution in [3.63, 3.8) is 0 Å². The molecule has 2 N–H and O–H groups in total. The summed E-state index contributed by atoms with van der Waals surface area (Å²) in [7, 11) is 1.64. The third-order valence-corrected chi connectivity index (χ3v) is 3.57. The summed E-state index contributed by atoms with van der Waals surface area (Å²) in [5, 5.41) is 0. The Kier molecular flexibility index (Phi) is 6.10. The molecule has 6 heteroatoms. The lowest BCUT2D eigenvalue weighted by atomic mass is 9.79. The minimum absolute atomic E-state index is 0. The average Bonchev–Trinajstić information content (AvgIpc) is 2.21. The minimum atomic E-state index is -0.0914. The van der Waals surface area contributed by atoms with E-state index >= 15 is 0 Å². The maximum Gasteiger partial charge on any atom is 0.242 e. The molecule has 0 aromatic carbocycles. The third-order valence-electron chi connectivity index (χ3n) is 3.57. The number of hydrogen-bond donors (Lipinski definition) is 1. The monoisotopic (exact) mass is 277 g/mol. The van der Waals surface area contributed by atoms with Gasteiger partial charge >= 0.3 is 0 Å². The lowest BCUT2D eigenvalue weighted by molar-refractivity contribution is -0.140. The summed E-state index contributed by atoms with van der Waals surface area (Å²) >= 11 is 0. The first-order valence-electron chi connectivity index (χ1n) is 5.99. The van der Waals surface area contributed by atoms with Gasteiger partial charge in [0.1, 0.15) is 0 Å². The first kappa shape index (κ1) is 17.2. The number of carbonyl (C=O) groups excluding carboxylic acids is 2. The first-order chi connectivity index (χ1) is 7.74. The van der Waals surface area contributed by atoms with E-state index < -0.39 is 0 Å². The number of carbonyl (C=O) groups is 2. The van der Waals surface area contributed by atoms with Crippen molar-refractivity contribution in [2.45, 2.75) is 33.2 Å². The van der Waals surface area contributed by atoms with Crippen molar-refractivity contribution in [1.29, 1.82) is 0 Å². The van der Waals surface area contributed by atoms with Crippen molar-refractivity contribution in [1.82, 2.24) is 9.80 Å². The second-order valence-electron chi connectivity index (χ2n) is 5.57. The van der Waals surface area contributed by atoms with Gasteiger partial charge in [-0.25, -0.2) is 0 Å². The molecule has 1 aliphatic heterocycles. The molecule has 0 saturated carbocycles.